The second kappa shape index (κ2) is 8.51. The summed E-state index contributed by atoms with van der Waals surface area (Å²) in [6.45, 7) is 3.42. The number of piperidine rings is 1. The van der Waals surface area contributed by atoms with E-state index >= 15 is 0 Å². The van der Waals surface area contributed by atoms with E-state index in [9.17, 15) is 9.59 Å². The highest BCUT2D eigenvalue weighted by atomic mass is 16.7. The number of carbonyl (C=O) groups excluding carboxylic acids is 2. The van der Waals surface area contributed by atoms with Gasteiger partial charge in [0.2, 0.25) is 6.79 Å². The van der Waals surface area contributed by atoms with Crippen LogP contribution in [0.1, 0.15) is 59.0 Å². The number of hydrogen-bond donors (Lipinski definition) is 1. The molecule has 1 unspecified atom stereocenters. The summed E-state index contributed by atoms with van der Waals surface area (Å²) >= 11 is 0. The molecule has 1 aromatic heterocycles. The first-order valence-corrected chi connectivity index (χ1v) is 10.1. The van der Waals surface area contributed by atoms with Crippen LogP contribution in [-0.4, -0.2) is 41.1 Å². The Kier molecular flexibility index (Phi) is 5.64. The summed E-state index contributed by atoms with van der Waals surface area (Å²) in [7, 11) is 0. The number of aromatic nitrogens is 1. The Hall–Kier alpha value is -3.09. The third-order valence-corrected chi connectivity index (χ3v) is 5.49. The fraction of sp³-hybridized carbons (Fsp3) is 0.409. The number of amides is 2. The van der Waals surface area contributed by atoms with Gasteiger partial charge in [0.05, 0.1) is 0 Å². The predicted molar refractivity (Wildman–Crippen MR) is 107 cm³/mol. The zero-order chi connectivity index (χ0) is 20.2. The van der Waals surface area contributed by atoms with Crippen molar-refractivity contribution in [3.05, 3.63) is 53.3 Å². The van der Waals surface area contributed by atoms with Gasteiger partial charge in [0, 0.05) is 30.9 Å². The molecule has 1 atom stereocenters. The number of fused-ring (bicyclic) bond motifs is 1. The van der Waals surface area contributed by atoms with Crippen molar-refractivity contribution in [2.24, 2.45) is 0 Å². The second-order valence-electron chi connectivity index (χ2n) is 7.36. The van der Waals surface area contributed by atoms with Crippen LogP contribution in [0.25, 0.3) is 0 Å². The maximum atomic E-state index is 13.0. The van der Waals surface area contributed by atoms with Gasteiger partial charge in [-0.15, -0.1) is 0 Å². The summed E-state index contributed by atoms with van der Waals surface area (Å²) in [6.07, 6.45) is 5.69. The van der Waals surface area contributed by atoms with Crippen molar-refractivity contribution in [3.8, 4) is 11.5 Å². The Morgan fingerprint density at radius 3 is 2.90 bits per heavy atom. The minimum atomic E-state index is -0.317. The van der Waals surface area contributed by atoms with Gasteiger partial charge in [-0.25, -0.2) is 0 Å². The van der Waals surface area contributed by atoms with Crippen molar-refractivity contribution in [1.82, 2.24) is 15.2 Å². The van der Waals surface area contributed by atoms with E-state index in [0.717, 1.165) is 37.8 Å². The Labute approximate surface area is 170 Å². The van der Waals surface area contributed by atoms with Crippen LogP contribution in [0, 0.1) is 0 Å². The lowest BCUT2D eigenvalue weighted by atomic mass is 9.99. The molecule has 1 fully saturated rings. The van der Waals surface area contributed by atoms with Crippen LogP contribution in [0.4, 0.5) is 0 Å². The van der Waals surface area contributed by atoms with Crippen molar-refractivity contribution >= 4 is 11.8 Å². The predicted octanol–water partition coefficient (Wildman–Crippen LogP) is 3.15. The molecular formula is C22H25N3O4. The van der Waals surface area contributed by atoms with Crippen LogP contribution >= 0.6 is 0 Å². The first kappa shape index (κ1) is 19.2. The molecule has 2 amide bonds. The smallest absolute Gasteiger partial charge is 0.270 e. The minimum absolute atomic E-state index is 0.0243. The van der Waals surface area contributed by atoms with Gasteiger partial charge in [0.1, 0.15) is 5.69 Å². The second-order valence-corrected chi connectivity index (χ2v) is 7.36. The largest absolute Gasteiger partial charge is 0.454 e. The molecule has 4 rings (SSSR count). The highest BCUT2D eigenvalue weighted by molar-refractivity contribution is 5.98. The number of hydrogen-bond acceptors (Lipinski definition) is 5. The molecule has 1 N–H and O–H groups in total. The summed E-state index contributed by atoms with van der Waals surface area (Å²) in [6, 6.07) is 9.08. The average Bonchev–Trinajstić information content (AvgIpc) is 3.25. The van der Waals surface area contributed by atoms with Crippen LogP contribution in [0.2, 0.25) is 0 Å². The van der Waals surface area contributed by atoms with Crippen molar-refractivity contribution in [1.29, 1.82) is 0 Å². The van der Waals surface area contributed by atoms with Crippen molar-refractivity contribution in [2.45, 2.75) is 45.2 Å². The zero-order valence-corrected chi connectivity index (χ0v) is 16.5. The molecule has 29 heavy (non-hydrogen) atoms. The lowest BCUT2D eigenvalue weighted by Crippen LogP contribution is -2.43. The Balaban J connectivity index is 1.42. The number of pyridine rings is 1. The number of likely N-dealkylation sites (tertiary alicyclic amines) is 1. The molecule has 2 aliphatic heterocycles. The minimum Gasteiger partial charge on any atom is -0.454 e. The van der Waals surface area contributed by atoms with Crippen LogP contribution in [0.15, 0.2) is 36.5 Å². The number of benzene rings is 1. The van der Waals surface area contributed by atoms with Crippen molar-refractivity contribution < 1.29 is 19.1 Å². The molecule has 7 heteroatoms. The normalized spacial score (nSPS) is 17.8. The van der Waals surface area contributed by atoms with Crippen LogP contribution in [0.5, 0.6) is 11.5 Å². The zero-order valence-electron chi connectivity index (χ0n) is 16.5. The van der Waals surface area contributed by atoms with E-state index < -0.39 is 0 Å². The summed E-state index contributed by atoms with van der Waals surface area (Å²) in [5.74, 6) is 1.04. The Morgan fingerprint density at radius 2 is 2.03 bits per heavy atom. The third kappa shape index (κ3) is 4.18. The van der Waals surface area contributed by atoms with Gasteiger partial charge in [-0.3, -0.25) is 14.6 Å². The lowest BCUT2D eigenvalue weighted by molar-refractivity contribution is 0.0608. The van der Waals surface area contributed by atoms with Crippen molar-refractivity contribution in [3.63, 3.8) is 0 Å². The van der Waals surface area contributed by atoms with E-state index in [0.29, 0.717) is 23.6 Å². The maximum absolute atomic E-state index is 13.0. The molecule has 0 bridgehead atoms. The van der Waals surface area contributed by atoms with Gasteiger partial charge in [-0.2, -0.15) is 0 Å². The molecule has 0 spiro atoms. The fourth-order valence-corrected chi connectivity index (χ4v) is 3.87. The molecule has 2 aliphatic rings. The van der Waals surface area contributed by atoms with Gasteiger partial charge >= 0.3 is 0 Å². The van der Waals surface area contributed by atoms with Crippen LogP contribution in [-0.2, 0) is 6.54 Å². The monoisotopic (exact) mass is 395 g/mol. The molecule has 0 radical (unpaired) electrons. The Morgan fingerprint density at radius 1 is 1.17 bits per heavy atom. The standard InChI is InChI=1S/C22H25N3O4/c1-2-17-5-3-4-10-25(17)22(27)16-8-9-23-18(12-16)21(26)24-13-15-6-7-19-20(11-15)29-14-28-19/h6-9,11-12,17H,2-5,10,13-14H2,1H3,(H,24,26). The summed E-state index contributed by atoms with van der Waals surface area (Å²) in [5.41, 5.74) is 1.64. The molecule has 1 aromatic carbocycles. The molecule has 152 valence electrons. The number of nitrogens with one attached hydrogen (secondary N) is 1. The molecule has 0 aliphatic carbocycles. The number of rotatable bonds is 5. The molecule has 1 saturated heterocycles. The summed E-state index contributed by atoms with van der Waals surface area (Å²) in [4.78, 5) is 31.6. The first-order valence-electron chi connectivity index (χ1n) is 10.1. The quantitative estimate of drug-likeness (QED) is 0.841. The van der Waals surface area contributed by atoms with Gasteiger partial charge in [0.15, 0.2) is 11.5 Å². The van der Waals surface area contributed by atoms with E-state index in [4.69, 9.17) is 9.47 Å². The number of nitrogens with zero attached hydrogens (tertiary/aromatic N) is 2. The van der Waals surface area contributed by atoms with Crippen LogP contribution < -0.4 is 14.8 Å². The van der Waals surface area contributed by atoms with E-state index in [1.54, 1.807) is 12.1 Å². The number of ether oxygens (including phenoxy) is 2. The van der Waals surface area contributed by atoms with E-state index in [-0.39, 0.29) is 30.3 Å². The van der Waals surface area contributed by atoms with Crippen LogP contribution in [0.3, 0.4) is 0 Å². The highest BCUT2D eigenvalue weighted by Crippen LogP contribution is 2.32. The first-order chi connectivity index (χ1) is 14.2. The van der Waals surface area contributed by atoms with Gasteiger partial charge in [-0.1, -0.05) is 13.0 Å². The molecule has 0 saturated carbocycles. The van der Waals surface area contributed by atoms with E-state index in [1.165, 1.54) is 6.20 Å². The molecular weight excluding hydrogens is 370 g/mol. The van der Waals surface area contributed by atoms with E-state index in [1.807, 2.05) is 23.1 Å². The average molecular weight is 395 g/mol. The van der Waals surface area contributed by atoms with Gasteiger partial charge in [-0.05, 0) is 55.5 Å². The number of carbonyl (C=O) groups is 2. The maximum Gasteiger partial charge on any atom is 0.270 e. The van der Waals surface area contributed by atoms with Gasteiger partial charge < -0.3 is 19.7 Å². The Bertz CT molecular complexity index is 915. The van der Waals surface area contributed by atoms with Gasteiger partial charge in [0.25, 0.3) is 11.8 Å². The fourth-order valence-electron chi connectivity index (χ4n) is 3.87. The molecule has 7 nitrogen and oxygen atoms in total. The molecule has 3 heterocycles. The lowest BCUT2D eigenvalue weighted by Gasteiger charge is -2.35. The third-order valence-electron chi connectivity index (χ3n) is 5.49. The summed E-state index contributed by atoms with van der Waals surface area (Å²) in [5, 5.41) is 2.85. The van der Waals surface area contributed by atoms with Crippen molar-refractivity contribution in [2.75, 3.05) is 13.3 Å². The topological polar surface area (TPSA) is 80.8 Å². The SMILES string of the molecule is CCC1CCCCN1C(=O)c1ccnc(C(=O)NCc2ccc3c(c2)OCO3)c1. The summed E-state index contributed by atoms with van der Waals surface area (Å²) < 4.78 is 10.7. The highest BCUT2D eigenvalue weighted by Gasteiger charge is 2.26. The molecule has 2 aromatic rings. The van der Waals surface area contributed by atoms with E-state index in [2.05, 4.69) is 17.2 Å².